The van der Waals surface area contributed by atoms with Gasteiger partial charge in [0.05, 0.1) is 17.1 Å². The third-order valence-electron chi connectivity index (χ3n) is 5.99. The van der Waals surface area contributed by atoms with Crippen LogP contribution in [0.25, 0.3) is 16.5 Å². The van der Waals surface area contributed by atoms with Gasteiger partial charge in [-0.25, -0.2) is 18.6 Å². The second kappa shape index (κ2) is 8.83. The largest absolute Gasteiger partial charge is 0.476 e. The number of carboxylic acids is 1. The monoisotopic (exact) mass is 488 g/mol. The first-order valence-corrected chi connectivity index (χ1v) is 11.2. The van der Waals surface area contributed by atoms with Crippen LogP contribution in [0.1, 0.15) is 65.2 Å². The summed E-state index contributed by atoms with van der Waals surface area (Å²) in [5.74, 6) is -3.69. The molecule has 0 radical (unpaired) electrons. The second-order valence-corrected chi connectivity index (χ2v) is 8.99. The van der Waals surface area contributed by atoms with Gasteiger partial charge in [-0.05, 0) is 56.5 Å². The number of alkyl halides is 2. The molecule has 0 spiro atoms. The number of hydrogen-bond donors (Lipinski definition) is 2. The lowest BCUT2D eigenvalue weighted by Gasteiger charge is -2.23. The van der Waals surface area contributed by atoms with Crippen LogP contribution in [0.4, 0.5) is 14.5 Å². The van der Waals surface area contributed by atoms with Crippen LogP contribution in [0.2, 0.25) is 5.15 Å². The number of nitrogens with zero attached hydrogens (tertiary/aromatic N) is 1. The maximum Gasteiger partial charge on any atom is 0.356 e. The summed E-state index contributed by atoms with van der Waals surface area (Å²) in [6.07, 6.45) is 0.842. The van der Waals surface area contributed by atoms with Crippen molar-refractivity contribution in [2.45, 2.75) is 52.0 Å². The highest BCUT2D eigenvalue weighted by Gasteiger charge is 2.32. The van der Waals surface area contributed by atoms with Crippen molar-refractivity contribution in [2.24, 2.45) is 0 Å². The summed E-state index contributed by atoms with van der Waals surface area (Å²) < 4.78 is 33.5. The molecule has 1 aliphatic rings. The zero-order valence-corrected chi connectivity index (χ0v) is 19.6. The van der Waals surface area contributed by atoms with E-state index in [1.54, 1.807) is 19.9 Å². The first-order chi connectivity index (χ1) is 16.0. The number of nitrogens with one attached hydrogen (secondary N) is 1. The molecule has 2 aromatic heterocycles. The summed E-state index contributed by atoms with van der Waals surface area (Å²) in [5.41, 5.74) is 2.52. The van der Waals surface area contributed by atoms with E-state index in [1.165, 1.54) is 18.2 Å². The lowest BCUT2D eigenvalue weighted by molar-refractivity contribution is -0.00618. The zero-order valence-electron chi connectivity index (χ0n) is 18.8. The lowest BCUT2D eigenvalue weighted by Crippen LogP contribution is -2.19. The Kier molecular flexibility index (Phi) is 6.20. The summed E-state index contributed by atoms with van der Waals surface area (Å²) in [6.45, 7) is 5.28. The van der Waals surface area contributed by atoms with Gasteiger partial charge in [0.1, 0.15) is 16.5 Å². The van der Waals surface area contributed by atoms with Crippen LogP contribution in [0.3, 0.4) is 0 Å². The third kappa shape index (κ3) is 4.55. The normalized spacial score (nSPS) is 16.2. The molecule has 0 saturated heterocycles. The van der Waals surface area contributed by atoms with Crippen LogP contribution in [0.15, 0.2) is 39.6 Å². The van der Waals surface area contributed by atoms with Crippen molar-refractivity contribution in [2.75, 3.05) is 5.32 Å². The molecule has 0 unspecified atom stereocenters. The minimum atomic E-state index is -2.76. The molecule has 178 valence electrons. The molecule has 0 amide bonds. The molecule has 1 aromatic carbocycles. The maximum absolute atomic E-state index is 13.7. The molecule has 6 nitrogen and oxygen atoms in total. The highest BCUT2D eigenvalue weighted by atomic mass is 35.5. The SMILES string of the molecule is Cc1cc([C@@H](C)Nc2ccc(Cl)nc2C(=O)O)c2oc(C3=CCC(F)(F)CC3)c(C)c(=O)c2c1. The fraction of sp³-hybridized carbons (Fsp3) is 0.320. The van der Waals surface area contributed by atoms with Crippen molar-refractivity contribution in [3.05, 3.63) is 73.9 Å². The average Bonchev–Trinajstić information content (AvgIpc) is 2.77. The van der Waals surface area contributed by atoms with Crippen LogP contribution in [0.5, 0.6) is 0 Å². The molecule has 0 aliphatic heterocycles. The highest BCUT2D eigenvalue weighted by molar-refractivity contribution is 6.29. The van der Waals surface area contributed by atoms with Crippen molar-refractivity contribution >= 4 is 39.8 Å². The lowest BCUT2D eigenvalue weighted by atomic mass is 9.92. The van der Waals surface area contributed by atoms with Crippen molar-refractivity contribution in [1.82, 2.24) is 4.98 Å². The van der Waals surface area contributed by atoms with Gasteiger partial charge in [-0.15, -0.1) is 0 Å². The average molecular weight is 489 g/mol. The summed E-state index contributed by atoms with van der Waals surface area (Å²) in [5, 5.41) is 13.0. The molecule has 1 aliphatic carbocycles. The van der Waals surface area contributed by atoms with Crippen molar-refractivity contribution in [1.29, 1.82) is 0 Å². The number of aromatic carboxylic acids is 1. The van der Waals surface area contributed by atoms with Gasteiger partial charge in [0.2, 0.25) is 0 Å². The van der Waals surface area contributed by atoms with Gasteiger partial charge < -0.3 is 14.8 Å². The fourth-order valence-electron chi connectivity index (χ4n) is 4.22. The summed E-state index contributed by atoms with van der Waals surface area (Å²) in [6, 6.07) is 6.09. The topological polar surface area (TPSA) is 92.4 Å². The van der Waals surface area contributed by atoms with E-state index in [0.717, 1.165) is 5.56 Å². The van der Waals surface area contributed by atoms with E-state index >= 15 is 0 Å². The predicted molar refractivity (Wildman–Crippen MR) is 127 cm³/mol. The molecule has 4 rings (SSSR count). The quantitative estimate of drug-likeness (QED) is 0.396. The molecule has 9 heteroatoms. The number of hydrogen-bond acceptors (Lipinski definition) is 5. The summed E-state index contributed by atoms with van der Waals surface area (Å²) in [4.78, 5) is 28.7. The molecule has 0 bridgehead atoms. The molecule has 2 N–H and O–H groups in total. The van der Waals surface area contributed by atoms with Gasteiger partial charge in [-0.1, -0.05) is 23.7 Å². The highest BCUT2D eigenvalue weighted by Crippen LogP contribution is 2.38. The number of rotatable bonds is 5. The number of anilines is 1. The second-order valence-electron chi connectivity index (χ2n) is 8.61. The number of aromatic nitrogens is 1. The number of allylic oxidation sites excluding steroid dienone is 2. The number of fused-ring (bicyclic) bond motifs is 1. The standard InChI is InChI=1S/C25H23ClF2N2O4/c1-12-10-16(14(3)29-18-4-5-19(26)30-20(18)24(32)33)23-17(11-12)21(31)13(2)22(34-23)15-6-8-25(27,28)9-7-15/h4-6,10-11,14,29H,7-9H2,1-3H3,(H,32,33)/t14-/m1/s1. The van der Waals surface area contributed by atoms with Crippen molar-refractivity contribution in [3.8, 4) is 0 Å². The van der Waals surface area contributed by atoms with Gasteiger partial charge >= 0.3 is 5.97 Å². The van der Waals surface area contributed by atoms with Gasteiger partial charge in [-0.3, -0.25) is 4.79 Å². The number of halogens is 3. The Labute approximate surface area is 199 Å². The Morgan fingerprint density at radius 2 is 2.03 bits per heavy atom. The van der Waals surface area contributed by atoms with E-state index in [4.69, 9.17) is 16.0 Å². The molecule has 0 saturated carbocycles. The van der Waals surface area contributed by atoms with Crippen LogP contribution in [0, 0.1) is 13.8 Å². The molecule has 0 fully saturated rings. The van der Waals surface area contributed by atoms with Crippen molar-refractivity contribution < 1.29 is 23.1 Å². The molecular formula is C25H23ClF2N2O4. The van der Waals surface area contributed by atoms with Crippen LogP contribution >= 0.6 is 11.6 Å². The van der Waals surface area contributed by atoms with E-state index in [2.05, 4.69) is 10.3 Å². The Morgan fingerprint density at radius 3 is 2.68 bits per heavy atom. The first-order valence-electron chi connectivity index (χ1n) is 10.8. The van der Waals surface area contributed by atoms with Crippen LogP contribution in [-0.4, -0.2) is 22.0 Å². The minimum Gasteiger partial charge on any atom is -0.476 e. The van der Waals surface area contributed by atoms with E-state index < -0.39 is 24.4 Å². The van der Waals surface area contributed by atoms with Gasteiger partial charge in [-0.2, -0.15) is 0 Å². The van der Waals surface area contributed by atoms with E-state index in [9.17, 15) is 23.5 Å². The van der Waals surface area contributed by atoms with Crippen LogP contribution < -0.4 is 10.7 Å². The zero-order chi connectivity index (χ0) is 24.8. The van der Waals surface area contributed by atoms with Crippen LogP contribution in [-0.2, 0) is 0 Å². The minimum absolute atomic E-state index is 0.0501. The number of carboxylic acid groups (broad SMARTS) is 1. The smallest absolute Gasteiger partial charge is 0.356 e. The van der Waals surface area contributed by atoms with E-state index in [1.807, 2.05) is 13.0 Å². The third-order valence-corrected chi connectivity index (χ3v) is 6.20. The van der Waals surface area contributed by atoms with Gasteiger partial charge in [0.15, 0.2) is 11.1 Å². The number of pyridine rings is 1. The number of aryl methyl sites for hydroxylation is 1. The molecule has 3 aromatic rings. The van der Waals surface area contributed by atoms with Crippen molar-refractivity contribution in [3.63, 3.8) is 0 Å². The molecular weight excluding hydrogens is 466 g/mol. The first kappa shape index (κ1) is 23.9. The van der Waals surface area contributed by atoms with Gasteiger partial charge in [0.25, 0.3) is 5.92 Å². The number of carbonyl (C=O) groups is 1. The predicted octanol–water partition coefficient (Wildman–Crippen LogP) is 6.53. The maximum atomic E-state index is 13.7. The fourth-order valence-corrected chi connectivity index (χ4v) is 4.37. The Bertz CT molecular complexity index is 1400. The molecule has 2 heterocycles. The Morgan fingerprint density at radius 1 is 1.29 bits per heavy atom. The number of benzene rings is 1. The van der Waals surface area contributed by atoms with E-state index in [-0.39, 0.29) is 34.8 Å². The Hall–Kier alpha value is -3.26. The summed E-state index contributed by atoms with van der Waals surface area (Å²) in [7, 11) is 0. The van der Waals surface area contributed by atoms with Gasteiger partial charge in [0, 0.05) is 24.0 Å². The molecule has 34 heavy (non-hydrogen) atoms. The molecule has 1 atom stereocenters. The Balaban J connectivity index is 1.84. The summed E-state index contributed by atoms with van der Waals surface area (Å²) >= 11 is 5.85. The van der Waals surface area contributed by atoms with E-state index in [0.29, 0.717) is 33.4 Å².